The summed E-state index contributed by atoms with van der Waals surface area (Å²) in [5, 5.41) is 2.60. The van der Waals surface area contributed by atoms with Gasteiger partial charge in [0.2, 0.25) is 0 Å². The van der Waals surface area contributed by atoms with Crippen LogP contribution in [-0.2, 0) is 6.67 Å². The van der Waals surface area contributed by atoms with Gasteiger partial charge in [-0.25, -0.2) is 0 Å². The van der Waals surface area contributed by atoms with E-state index in [1.807, 2.05) is 83.1 Å². The monoisotopic (exact) mass is 528 g/mol. The summed E-state index contributed by atoms with van der Waals surface area (Å²) in [7, 11) is 0. The lowest BCUT2D eigenvalue weighted by Crippen LogP contribution is -2.20. The fourth-order valence-corrected chi connectivity index (χ4v) is 3.83. The third-order valence-electron chi connectivity index (χ3n) is 5.10. The van der Waals surface area contributed by atoms with Crippen molar-refractivity contribution in [2.24, 2.45) is 0 Å². The van der Waals surface area contributed by atoms with Gasteiger partial charge >= 0.3 is 0 Å². The second-order valence-corrected chi connectivity index (χ2v) is 6.70. The zero-order valence-electron chi connectivity index (χ0n) is 27.0. The molecule has 2 heteroatoms. The molecule has 0 amide bonds. The molecule has 0 fully saturated rings. The Hall–Kier alpha value is -3.52. The highest BCUT2D eigenvalue weighted by atomic mass is 15.3. The SMILES string of the molecule is CC.CC.CC.CC.CC.CC.c1ccc(N(Cn2c3ccccc3c3ccccc32)c2ccccc2)cc1. The van der Waals surface area contributed by atoms with E-state index in [0.29, 0.717) is 0 Å². The van der Waals surface area contributed by atoms with Crippen molar-refractivity contribution in [1.29, 1.82) is 0 Å². The number of para-hydroxylation sites is 4. The molecule has 0 N–H and O–H groups in total. The number of hydrogen-bond acceptors (Lipinski definition) is 1. The Morgan fingerprint density at radius 1 is 0.385 bits per heavy atom. The highest BCUT2D eigenvalue weighted by molar-refractivity contribution is 6.08. The summed E-state index contributed by atoms with van der Waals surface area (Å²) in [5.41, 5.74) is 4.89. The van der Waals surface area contributed by atoms with Gasteiger partial charge in [-0.15, -0.1) is 0 Å². The first-order valence-corrected chi connectivity index (χ1v) is 15.3. The molecule has 1 heterocycles. The van der Waals surface area contributed by atoms with Gasteiger partial charge in [-0.3, -0.25) is 0 Å². The van der Waals surface area contributed by atoms with Crippen LogP contribution in [0.1, 0.15) is 83.1 Å². The Bertz CT molecular complexity index is 1100. The molecule has 0 spiro atoms. The molecule has 0 radical (unpaired) electrons. The average Bonchev–Trinajstić information content (AvgIpc) is 3.39. The van der Waals surface area contributed by atoms with E-state index in [9.17, 15) is 0 Å². The highest BCUT2D eigenvalue weighted by Gasteiger charge is 2.14. The van der Waals surface area contributed by atoms with E-state index < -0.39 is 0 Å². The minimum atomic E-state index is 0.752. The highest BCUT2D eigenvalue weighted by Crippen LogP contribution is 2.32. The second kappa shape index (κ2) is 24.8. The van der Waals surface area contributed by atoms with Crippen molar-refractivity contribution in [3.63, 3.8) is 0 Å². The smallest absolute Gasteiger partial charge is 0.1000 e. The molecular formula is C37H56N2. The molecule has 1 aromatic heterocycles. The molecule has 5 rings (SSSR count). The van der Waals surface area contributed by atoms with Gasteiger partial charge in [-0.2, -0.15) is 0 Å². The Morgan fingerprint density at radius 2 is 0.667 bits per heavy atom. The molecule has 0 bridgehead atoms. The molecule has 0 saturated carbocycles. The molecule has 0 saturated heterocycles. The van der Waals surface area contributed by atoms with Gasteiger partial charge < -0.3 is 9.47 Å². The van der Waals surface area contributed by atoms with E-state index in [0.717, 1.165) is 6.67 Å². The van der Waals surface area contributed by atoms with Crippen molar-refractivity contribution >= 4 is 33.2 Å². The van der Waals surface area contributed by atoms with E-state index in [2.05, 4.69) is 119 Å². The number of aromatic nitrogens is 1. The Labute approximate surface area is 241 Å². The summed E-state index contributed by atoms with van der Waals surface area (Å²) >= 11 is 0. The number of nitrogens with zero attached hydrogens (tertiary/aromatic N) is 2. The summed E-state index contributed by atoms with van der Waals surface area (Å²) in [4.78, 5) is 2.36. The average molecular weight is 529 g/mol. The Morgan fingerprint density at radius 3 is 1.00 bits per heavy atom. The lowest BCUT2D eigenvalue weighted by Gasteiger charge is -2.26. The van der Waals surface area contributed by atoms with Crippen LogP contribution in [0.3, 0.4) is 0 Å². The van der Waals surface area contributed by atoms with E-state index in [4.69, 9.17) is 0 Å². The predicted molar refractivity (Wildman–Crippen MR) is 183 cm³/mol. The maximum absolute atomic E-state index is 2.41. The van der Waals surface area contributed by atoms with Gasteiger partial charge in [0.25, 0.3) is 0 Å². The van der Waals surface area contributed by atoms with Crippen LogP contribution >= 0.6 is 0 Å². The quantitative estimate of drug-likeness (QED) is 0.225. The molecule has 39 heavy (non-hydrogen) atoms. The van der Waals surface area contributed by atoms with Gasteiger partial charge in [0.1, 0.15) is 0 Å². The fraction of sp³-hybridized carbons (Fsp3) is 0.351. The number of benzene rings is 4. The van der Waals surface area contributed by atoms with Crippen LogP contribution in [0.15, 0.2) is 109 Å². The normalized spacial score (nSPS) is 8.62. The van der Waals surface area contributed by atoms with Crippen molar-refractivity contribution in [2.45, 2.75) is 89.8 Å². The summed E-state index contributed by atoms with van der Waals surface area (Å²) in [6.07, 6.45) is 0. The van der Waals surface area contributed by atoms with E-state index in [1.165, 1.54) is 33.2 Å². The number of fused-ring (bicyclic) bond motifs is 3. The standard InChI is InChI=1S/C25H20N2.6C2H6/c1-3-11-20(12-4-1)26(21-13-5-2-6-14-21)19-27-24-17-9-7-15-22(24)23-16-8-10-18-25(23)27;6*1-2/h1-18H,19H2;6*1-2H3. The number of hydrogen-bond donors (Lipinski definition) is 0. The number of anilines is 2. The third-order valence-corrected chi connectivity index (χ3v) is 5.10. The van der Waals surface area contributed by atoms with Gasteiger partial charge in [-0.05, 0) is 36.4 Å². The summed E-state index contributed by atoms with van der Waals surface area (Å²) in [6.45, 7) is 24.8. The summed E-state index contributed by atoms with van der Waals surface area (Å²) < 4.78 is 2.41. The van der Waals surface area contributed by atoms with Crippen LogP contribution in [0.4, 0.5) is 11.4 Å². The van der Waals surface area contributed by atoms with Gasteiger partial charge in [-0.1, -0.05) is 156 Å². The first-order chi connectivity index (χ1) is 19.4. The summed E-state index contributed by atoms with van der Waals surface area (Å²) in [5.74, 6) is 0. The molecule has 0 aliphatic heterocycles. The van der Waals surface area contributed by atoms with Crippen LogP contribution in [0, 0.1) is 0 Å². The van der Waals surface area contributed by atoms with Gasteiger partial charge in [0.05, 0.1) is 17.7 Å². The Balaban J connectivity index is 0. The third kappa shape index (κ3) is 10.6. The van der Waals surface area contributed by atoms with Crippen LogP contribution in [0.5, 0.6) is 0 Å². The fourth-order valence-electron chi connectivity index (χ4n) is 3.83. The second-order valence-electron chi connectivity index (χ2n) is 6.70. The maximum Gasteiger partial charge on any atom is 0.1000 e. The van der Waals surface area contributed by atoms with Crippen LogP contribution in [-0.4, -0.2) is 4.57 Å². The topological polar surface area (TPSA) is 8.17 Å². The Kier molecular flexibility index (Phi) is 23.9. The van der Waals surface area contributed by atoms with Crippen LogP contribution in [0.2, 0.25) is 0 Å². The maximum atomic E-state index is 2.41. The van der Waals surface area contributed by atoms with Gasteiger partial charge in [0, 0.05) is 22.1 Å². The molecule has 214 valence electrons. The molecular weight excluding hydrogens is 472 g/mol. The molecule has 0 unspecified atom stereocenters. The lowest BCUT2D eigenvalue weighted by atomic mass is 10.2. The van der Waals surface area contributed by atoms with Crippen molar-refractivity contribution in [3.05, 3.63) is 109 Å². The van der Waals surface area contributed by atoms with Crippen molar-refractivity contribution in [2.75, 3.05) is 4.90 Å². The number of rotatable bonds is 4. The largest absolute Gasteiger partial charge is 0.323 e. The van der Waals surface area contributed by atoms with E-state index >= 15 is 0 Å². The molecule has 2 nitrogen and oxygen atoms in total. The van der Waals surface area contributed by atoms with Crippen LogP contribution in [0.25, 0.3) is 21.8 Å². The molecule has 4 aromatic carbocycles. The predicted octanol–water partition coefficient (Wildman–Crippen LogP) is 12.7. The lowest BCUT2D eigenvalue weighted by molar-refractivity contribution is 0.757. The van der Waals surface area contributed by atoms with Gasteiger partial charge in [0.15, 0.2) is 0 Å². The zero-order chi connectivity index (χ0) is 30.1. The first-order valence-electron chi connectivity index (χ1n) is 15.3. The minimum absolute atomic E-state index is 0.752. The molecule has 0 aliphatic carbocycles. The zero-order valence-corrected chi connectivity index (χ0v) is 27.0. The first kappa shape index (κ1) is 37.6. The van der Waals surface area contributed by atoms with Crippen LogP contribution < -0.4 is 4.90 Å². The van der Waals surface area contributed by atoms with Crippen molar-refractivity contribution in [3.8, 4) is 0 Å². The molecule has 5 aromatic rings. The molecule has 0 atom stereocenters. The minimum Gasteiger partial charge on any atom is -0.323 e. The van der Waals surface area contributed by atoms with Crippen molar-refractivity contribution in [1.82, 2.24) is 4.57 Å². The molecule has 0 aliphatic rings. The van der Waals surface area contributed by atoms with E-state index in [1.54, 1.807) is 0 Å². The summed E-state index contributed by atoms with van der Waals surface area (Å²) in [6, 6.07) is 38.5. The van der Waals surface area contributed by atoms with Crippen molar-refractivity contribution < 1.29 is 0 Å². The van der Waals surface area contributed by atoms with E-state index in [-0.39, 0.29) is 0 Å².